The van der Waals surface area contributed by atoms with Crippen LogP contribution in [-0.4, -0.2) is 29.1 Å². The fraction of sp³-hybridized carbons (Fsp3) is 0.786. The molecule has 0 radical (unpaired) electrons. The highest BCUT2D eigenvalue weighted by Gasteiger charge is 2.42. The van der Waals surface area contributed by atoms with E-state index in [2.05, 4.69) is 10.4 Å². The van der Waals surface area contributed by atoms with Gasteiger partial charge in [0, 0.05) is 19.6 Å². The van der Waals surface area contributed by atoms with E-state index in [0.29, 0.717) is 18.8 Å². The van der Waals surface area contributed by atoms with Crippen LogP contribution in [-0.2, 0) is 13.6 Å². The first-order chi connectivity index (χ1) is 9.82. The maximum absolute atomic E-state index is 12.8. The smallest absolute Gasteiger partial charge is 0.391 e. The first-order valence-electron chi connectivity index (χ1n) is 7.19. The quantitative estimate of drug-likeness (QED) is 0.929. The molecule has 1 aromatic heterocycles. The van der Waals surface area contributed by atoms with E-state index in [9.17, 15) is 13.2 Å². The molecule has 2 unspecified atom stereocenters. The largest absolute Gasteiger partial charge is 0.481 e. The summed E-state index contributed by atoms with van der Waals surface area (Å²) in [6.07, 6.45) is -2.27. The van der Waals surface area contributed by atoms with E-state index in [-0.39, 0.29) is 18.9 Å². The van der Waals surface area contributed by atoms with Crippen molar-refractivity contribution in [1.29, 1.82) is 0 Å². The number of aromatic nitrogens is 2. The van der Waals surface area contributed by atoms with Crippen molar-refractivity contribution in [3.05, 3.63) is 11.3 Å². The Kier molecular flexibility index (Phi) is 4.81. The highest BCUT2D eigenvalue weighted by atomic mass is 19.4. The molecule has 1 saturated carbocycles. The van der Waals surface area contributed by atoms with Crippen molar-refractivity contribution in [2.75, 3.05) is 7.11 Å². The lowest BCUT2D eigenvalue weighted by Crippen LogP contribution is -2.38. The lowest BCUT2D eigenvalue weighted by Gasteiger charge is -2.31. The molecule has 1 N–H and O–H groups in total. The van der Waals surface area contributed by atoms with Gasteiger partial charge in [0.05, 0.1) is 24.3 Å². The van der Waals surface area contributed by atoms with Gasteiger partial charge in [-0.05, 0) is 26.2 Å². The molecule has 0 amide bonds. The molecule has 21 heavy (non-hydrogen) atoms. The van der Waals surface area contributed by atoms with Crippen LogP contribution in [0.5, 0.6) is 5.88 Å². The Morgan fingerprint density at radius 3 is 2.71 bits per heavy atom. The number of aryl methyl sites for hydroxylation is 2. The molecule has 0 bridgehead atoms. The zero-order chi connectivity index (χ0) is 15.6. The topological polar surface area (TPSA) is 39.1 Å². The van der Waals surface area contributed by atoms with E-state index in [0.717, 1.165) is 17.7 Å². The van der Waals surface area contributed by atoms with Gasteiger partial charge >= 0.3 is 6.18 Å². The number of nitrogens with zero attached hydrogens (tertiary/aromatic N) is 2. The van der Waals surface area contributed by atoms with Gasteiger partial charge in [0.1, 0.15) is 0 Å². The van der Waals surface area contributed by atoms with Crippen molar-refractivity contribution in [2.45, 2.75) is 51.4 Å². The second-order valence-electron chi connectivity index (χ2n) is 5.68. The fourth-order valence-electron chi connectivity index (χ4n) is 3.06. The average Bonchev–Trinajstić information content (AvgIpc) is 2.69. The summed E-state index contributed by atoms with van der Waals surface area (Å²) in [5, 5.41) is 7.51. The molecule has 1 fully saturated rings. The van der Waals surface area contributed by atoms with Gasteiger partial charge in [-0.3, -0.25) is 0 Å². The van der Waals surface area contributed by atoms with Crippen molar-refractivity contribution in [1.82, 2.24) is 15.1 Å². The number of methoxy groups -OCH3 is 1. The molecule has 0 aliphatic heterocycles. The molecular formula is C14H22F3N3O. The minimum absolute atomic E-state index is 0.102. The molecule has 1 aliphatic rings. The molecule has 0 spiro atoms. The third-order valence-electron chi connectivity index (χ3n) is 4.19. The number of halogens is 3. The maximum atomic E-state index is 12.8. The van der Waals surface area contributed by atoms with Gasteiger partial charge in [-0.2, -0.15) is 18.3 Å². The third kappa shape index (κ3) is 3.70. The summed E-state index contributed by atoms with van der Waals surface area (Å²) in [5.74, 6) is -0.524. The van der Waals surface area contributed by atoms with E-state index in [1.54, 1.807) is 18.8 Å². The number of alkyl halides is 3. The van der Waals surface area contributed by atoms with Crippen molar-refractivity contribution in [3.8, 4) is 5.88 Å². The highest BCUT2D eigenvalue weighted by molar-refractivity contribution is 5.30. The molecular weight excluding hydrogens is 283 g/mol. The van der Waals surface area contributed by atoms with Gasteiger partial charge in [0.25, 0.3) is 0 Å². The van der Waals surface area contributed by atoms with Crippen LogP contribution >= 0.6 is 0 Å². The van der Waals surface area contributed by atoms with Gasteiger partial charge in [-0.1, -0.05) is 6.42 Å². The molecule has 2 rings (SSSR count). The van der Waals surface area contributed by atoms with Crippen LogP contribution in [0.4, 0.5) is 13.2 Å². The standard InChI is InChI=1S/C14H22F3N3O/c1-9-12(13(21-3)20(2)19-9)8-18-11-6-4-5-10(7-11)14(15,16)17/h10-11,18H,4-8H2,1-3H3. The predicted molar refractivity (Wildman–Crippen MR) is 73.1 cm³/mol. The van der Waals surface area contributed by atoms with Gasteiger partial charge < -0.3 is 10.1 Å². The molecule has 0 saturated heterocycles. The summed E-state index contributed by atoms with van der Waals surface area (Å²) in [4.78, 5) is 0. The van der Waals surface area contributed by atoms with Gasteiger partial charge in [0.15, 0.2) is 0 Å². The minimum atomic E-state index is -4.08. The zero-order valence-corrected chi connectivity index (χ0v) is 12.6. The molecule has 7 heteroatoms. The van der Waals surface area contributed by atoms with Crippen LogP contribution in [0.1, 0.15) is 36.9 Å². The average molecular weight is 305 g/mol. The van der Waals surface area contributed by atoms with Crippen LogP contribution in [0.15, 0.2) is 0 Å². The molecule has 120 valence electrons. The van der Waals surface area contributed by atoms with E-state index in [4.69, 9.17) is 4.74 Å². The second kappa shape index (κ2) is 6.25. The van der Waals surface area contributed by atoms with Gasteiger partial charge in [0.2, 0.25) is 5.88 Å². The molecule has 2 atom stereocenters. The van der Waals surface area contributed by atoms with Crippen LogP contribution in [0.25, 0.3) is 0 Å². The Morgan fingerprint density at radius 1 is 1.38 bits per heavy atom. The molecule has 1 aliphatic carbocycles. The Labute approximate surface area is 122 Å². The van der Waals surface area contributed by atoms with Crippen molar-refractivity contribution >= 4 is 0 Å². The zero-order valence-electron chi connectivity index (χ0n) is 12.6. The molecule has 1 heterocycles. The fourth-order valence-corrected chi connectivity index (χ4v) is 3.06. The summed E-state index contributed by atoms with van der Waals surface area (Å²) in [6.45, 7) is 2.36. The van der Waals surface area contributed by atoms with Crippen molar-refractivity contribution in [3.63, 3.8) is 0 Å². The summed E-state index contributed by atoms with van der Waals surface area (Å²) >= 11 is 0. The Hall–Kier alpha value is -1.24. The van der Waals surface area contributed by atoms with E-state index < -0.39 is 12.1 Å². The van der Waals surface area contributed by atoms with Crippen LogP contribution in [0.2, 0.25) is 0 Å². The number of hydrogen-bond donors (Lipinski definition) is 1. The van der Waals surface area contributed by atoms with E-state index >= 15 is 0 Å². The maximum Gasteiger partial charge on any atom is 0.391 e. The molecule has 4 nitrogen and oxygen atoms in total. The summed E-state index contributed by atoms with van der Waals surface area (Å²) in [7, 11) is 3.36. The van der Waals surface area contributed by atoms with Crippen LogP contribution in [0, 0.1) is 12.8 Å². The first-order valence-corrected chi connectivity index (χ1v) is 7.19. The van der Waals surface area contributed by atoms with E-state index in [1.165, 1.54) is 0 Å². The number of rotatable bonds is 4. The van der Waals surface area contributed by atoms with Crippen LogP contribution < -0.4 is 10.1 Å². The summed E-state index contributed by atoms with van der Waals surface area (Å²) in [5.41, 5.74) is 1.75. The Balaban J connectivity index is 1.97. The van der Waals surface area contributed by atoms with E-state index in [1.807, 2.05) is 6.92 Å². The summed E-state index contributed by atoms with van der Waals surface area (Å²) < 4.78 is 45.3. The lowest BCUT2D eigenvalue weighted by atomic mass is 9.85. The summed E-state index contributed by atoms with van der Waals surface area (Å²) in [6, 6.07) is -0.102. The monoisotopic (exact) mass is 305 g/mol. The lowest BCUT2D eigenvalue weighted by molar-refractivity contribution is -0.183. The van der Waals surface area contributed by atoms with Crippen molar-refractivity contribution < 1.29 is 17.9 Å². The van der Waals surface area contributed by atoms with Crippen molar-refractivity contribution in [2.24, 2.45) is 13.0 Å². The normalized spacial score (nSPS) is 23.3. The molecule has 0 aromatic carbocycles. The number of ether oxygens (including phenoxy) is 1. The number of hydrogen-bond acceptors (Lipinski definition) is 3. The van der Waals surface area contributed by atoms with Gasteiger partial charge in [-0.25, -0.2) is 4.68 Å². The first kappa shape index (κ1) is 16.1. The molecule has 1 aromatic rings. The van der Waals surface area contributed by atoms with Crippen LogP contribution in [0.3, 0.4) is 0 Å². The highest BCUT2D eigenvalue weighted by Crippen LogP contribution is 2.37. The second-order valence-corrected chi connectivity index (χ2v) is 5.68. The number of nitrogens with one attached hydrogen (secondary N) is 1. The Morgan fingerprint density at radius 2 is 2.10 bits per heavy atom. The minimum Gasteiger partial charge on any atom is -0.481 e. The SMILES string of the molecule is COc1c(CNC2CCCC(C(F)(F)F)C2)c(C)nn1C. The van der Waals surface area contributed by atoms with Gasteiger partial charge in [-0.15, -0.1) is 0 Å². The third-order valence-corrected chi connectivity index (χ3v) is 4.19. The predicted octanol–water partition coefficient (Wildman–Crippen LogP) is 2.95. The Bertz CT molecular complexity index is 485.